The molecule has 1 heterocycles. The van der Waals surface area contributed by atoms with E-state index in [0.717, 1.165) is 10.5 Å². The fourth-order valence-corrected chi connectivity index (χ4v) is 2.39. The minimum atomic E-state index is 0. The van der Waals surface area contributed by atoms with Gasteiger partial charge < -0.3 is 17.0 Å². The van der Waals surface area contributed by atoms with Crippen LogP contribution in [0.2, 0.25) is 5.02 Å². The van der Waals surface area contributed by atoms with Gasteiger partial charge in [0.25, 0.3) is 0 Å². The van der Waals surface area contributed by atoms with Crippen LogP contribution in [0.3, 0.4) is 0 Å². The van der Waals surface area contributed by atoms with Crippen molar-refractivity contribution in [2.24, 2.45) is 7.05 Å². The molecule has 12 heavy (non-hydrogen) atoms. The van der Waals surface area contributed by atoms with Gasteiger partial charge in [-0.2, -0.15) is 4.57 Å². The highest BCUT2D eigenvalue weighted by Crippen LogP contribution is 2.22. The first kappa shape index (κ1) is 9.96. The highest BCUT2D eigenvalue weighted by molar-refractivity contribution is 7.16. The van der Waals surface area contributed by atoms with E-state index >= 15 is 0 Å². The van der Waals surface area contributed by atoms with Crippen LogP contribution >= 0.6 is 22.9 Å². The average molecular weight is 265 g/mol. The van der Waals surface area contributed by atoms with Crippen LogP contribution in [0.4, 0.5) is 0 Å². The molecule has 0 saturated carbocycles. The van der Waals surface area contributed by atoms with Crippen molar-refractivity contribution >= 4 is 33.2 Å². The minimum absolute atomic E-state index is 0. The Morgan fingerprint density at radius 3 is 2.83 bits per heavy atom. The van der Waals surface area contributed by atoms with Crippen LogP contribution in [0, 0.1) is 0 Å². The molecular formula is C8H7BrClNS. The van der Waals surface area contributed by atoms with Gasteiger partial charge in [-0.25, -0.2) is 0 Å². The Morgan fingerprint density at radius 1 is 1.42 bits per heavy atom. The Hall–Kier alpha value is -0.120. The molecule has 1 nitrogen and oxygen atoms in total. The number of fused-ring (bicyclic) bond motifs is 1. The lowest BCUT2D eigenvalue weighted by Crippen LogP contribution is -3.00. The normalized spacial score (nSPS) is 9.83. The van der Waals surface area contributed by atoms with Gasteiger partial charge in [0.15, 0.2) is 0 Å². The summed E-state index contributed by atoms with van der Waals surface area (Å²) in [6, 6.07) is 5.96. The van der Waals surface area contributed by atoms with Crippen LogP contribution in [0.25, 0.3) is 10.2 Å². The van der Waals surface area contributed by atoms with Crippen LogP contribution in [0.15, 0.2) is 23.7 Å². The molecule has 0 amide bonds. The number of aryl methyl sites for hydroxylation is 1. The maximum Gasteiger partial charge on any atom is 0.242 e. The van der Waals surface area contributed by atoms with E-state index in [1.54, 1.807) is 11.3 Å². The molecule has 0 spiro atoms. The molecule has 0 bridgehead atoms. The van der Waals surface area contributed by atoms with Crippen LogP contribution in [-0.2, 0) is 7.05 Å². The van der Waals surface area contributed by atoms with Gasteiger partial charge in [-0.15, -0.1) is 0 Å². The molecule has 0 N–H and O–H groups in total. The van der Waals surface area contributed by atoms with E-state index in [2.05, 4.69) is 11.6 Å². The molecule has 2 rings (SSSR count). The smallest absolute Gasteiger partial charge is 0.242 e. The van der Waals surface area contributed by atoms with Crippen molar-refractivity contribution in [2.45, 2.75) is 0 Å². The third-order valence-electron chi connectivity index (χ3n) is 1.64. The van der Waals surface area contributed by atoms with Crippen LogP contribution in [0.5, 0.6) is 0 Å². The highest BCUT2D eigenvalue weighted by atomic mass is 79.9. The molecule has 64 valence electrons. The molecule has 1 aromatic heterocycles. The first-order valence-corrected chi connectivity index (χ1v) is 4.56. The molecule has 0 unspecified atom stereocenters. The first-order valence-electron chi connectivity index (χ1n) is 3.30. The Morgan fingerprint density at radius 2 is 2.17 bits per heavy atom. The van der Waals surface area contributed by atoms with Gasteiger partial charge in [0.05, 0.1) is 0 Å². The van der Waals surface area contributed by atoms with E-state index in [9.17, 15) is 0 Å². The second kappa shape index (κ2) is 3.73. The van der Waals surface area contributed by atoms with Crippen LogP contribution in [-0.4, -0.2) is 0 Å². The number of para-hydroxylation sites is 1. The van der Waals surface area contributed by atoms with Crippen LogP contribution in [0.1, 0.15) is 0 Å². The van der Waals surface area contributed by atoms with Crippen LogP contribution < -0.4 is 21.5 Å². The zero-order chi connectivity index (χ0) is 7.84. The lowest BCUT2D eigenvalue weighted by molar-refractivity contribution is -0.640. The summed E-state index contributed by atoms with van der Waals surface area (Å²) in [6.07, 6.45) is 0. The van der Waals surface area contributed by atoms with E-state index in [0.29, 0.717) is 0 Å². The predicted octanol–water partition coefficient (Wildman–Crippen LogP) is -0.617. The molecular weight excluding hydrogens is 258 g/mol. The summed E-state index contributed by atoms with van der Waals surface area (Å²) in [5, 5.41) is 0.825. The van der Waals surface area contributed by atoms with Gasteiger partial charge >= 0.3 is 0 Å². The van der Waals surface area contributed by atoms with E-state index in [4.69, 9.17) is 11.6 Å². The minimum Gasteiger partial charge on any atom is -1.00 e. The van der Waals surface area contributed by atoms with Crippen molar-refractivity contribution in [1.29, 1.82) is 0 Å². The maximum absolute atomic E-state index is 5.99. The number of nitrogens with zero attached hydrogens (tertiary/aromatic N) is 1. The van der Waals surface area contributed by atoms with Crippen molar-refractivity contribution in [3.8, 4) is 0 Å². The summed E-state index contributed by atoms with van der Waals surface area (Å²) in [6.45, 7) is 0. The molecule has 4 heteroatoms. The zero-order valence-corrected chi connectivity index (χ0v) is 9.58. The molecule has 0 aliphatic carbocycles. The topological polar surface area (TPSA) is 3.88 Å². The summed E-state index contributed by atoms with van der Waals surface area (Å²) in [4.78, 5) is 0. The fraction of sp³-hybridized carbons (Fsp3) is 0.125. The summed E-state index contributed by atoms with van der Waals surface area (Å²) >= 11 is 7.70. The first-order chi connectivity index (χ1) is 5.29. The second-order valence-corrected chi connectivity index (χ2v) is 3.71. The summed E-state index contributed by atoms with van der Waals surface area (Å²) in [5.41, 5.74) is 3.18. The molecule has 0 radical (unpaired) electrons. The largest absolute Gasteiger partial charge is 1.00 e. The monoisotopic (exact) mass is 263 g/mol. The molecule has 0 fully saturated rings. The fourth-order valence-electron chi connectivity index (χ4n) is 1.12. The van der Waals surface area contributed by atoms with Crippen molar-refractivity contribution in [3.63, 3.8) is 0 Å². The van der Waals surface area contributed by atoms with Gasteiger partial charge in [-0.05, 0) is 12.1 Å². The molecule has 2 aromatic rings. The van der Waals surface area contributed by atoms with Gasteiger partial charge in [0.1, 0.15) is 16.8 Å². The van der Waals surface area contributed by atoms with Crippen molar-refractivity contribution < 1.29 is 21.5 Å². The van der Waals surface area contributed by atoms with Gasteiger partial charge in [0.2, 0.25) is 11.0 Å². The number of rotatable bonds is 0. The van der Waals surface area contributed by atoms with Crippen molar-refractivity contribution in [3.05, 3.63) is 28.7 Å². The second-order valence-electron chi connectivity index (χ2n) is 2.42. The molecule has 0 saturated heterocycles. The Bertz CT molecular complexity index is 399. The Balaban J connectivity index is 0.000000720. The van der Waals surface area contributed by atoms with E-state index < -0.39 is 0 Å². The maximum atomic E-state index is 5.99. The number of benzene rings is 1. The summed E-state index contributed by atoms with van der Waals surface area (Å²) in [7, 11) is 2.00. The quantitative estimate of drug-likeness (QED) is 0.559. The van der Waals surface area contributed by atoms with E-state index in [1.807, 2.05) is 23.7 Å². The molecule has 1 aromatic carbocycles. The third-order valence-corrected chi connectivity index (χ3v) is 2.95. The number of thiazole rings is 1. The molecule has 0 aliphatic heterocycles. The third kappa shape index (κ3) is 1.49. The van der Waals surface area contributed by atoms with Gasteiger partial charge in [-0.3, -0.25) is 0 Å². The lowest BCUT2D eigenvalue weighted by atomic mass is 10.3. The number of hydrogen-bond donors (Lipinski definition) is 0. The van der Waals surface area contributed by atoms with E-state index in [-0.39, 0.29) is 17.0 Å². The number of hydrogen-bond acceptors (Lipinski definition) is 1. The van der Waals surface area contributed by atoms with Crippen molar-refractivity contribution in [2.75, 3.05) is 0 Å². The lowest BCUT2D eigenvalue weighted by Gasteiger charge is -1.87. The van der Waals surface area contributed by atoms with Crippen molar-refractivity contribution in [1.82, 2.24) is 0 Å². The zero-order valence-electron chi connectivity index (χ0n) is 6.42. The average Bonchev–Trinajstić information content (AvgIpc) is 2.34. The predicted molar refractivity (Wildman–Crippen MR) is 48.0 cm³/mol. The van der Waals surface area contributed by atoms with Gasteiger partial charge in [-0.1, -0.05) is 29.0 Å². The standard InChI is InChI=1S/C8H7ClNS.BrH/c1-10-5-11-7-4-2-3-6(9)8(7)10;/h2-5H,1H3;1H/q+1;/p-1. The summed E-state index contributed by atoms with van der Waals surface area (Å²) in [5.74, 6) is 0. The SMILES string of the molecule is C[n+]1csc2cccc(Cl)c21.[Br-]. The highest BCUT2D eigenvalue weighted by Gasteiger charge is 2.10. The Kier molecular flexibility index (Phi) is 3.09. The Labute approximate surface area is 90.4 Å². The van der Waals surface area contributed by atoms with E-state index in [1.165, 1.54) is 4.70 Å². The number of halogens is 2. The molecule has 0 aliphatic rings. The number of aromatic nitrogens is 1. The summed E-state index contributed by atoms with van der Waals surface area (Å²) < 4.78 is 3.28. The van der Waals surface area contributed by atoms with Gasteiger partial charge in [0, 0.05) is 0 Å². The molecule has 0 atom stereocenters.